The zero-order valence-corrected chi connectivity index (χ0v) is 19.0. The van der Waals surface area contributed by atoms with Gasteiger partial charge >= 0.3 is 0 Å². The van der Waals surface area contributed by atoms with Crippen LogP contribution in [0.2, 0.25) is 0 Å². The number of thiazole rings is 1. The molecule has 1 aromatic heterocycles. The van der Waals surface area contributed by atoms with Crippen LogP contribution in [0.1, 0.15) is 5.56 Å². The second kappa shape index (κ2) is 8.63. The first-order valence-electron chi connectivity index (χ1n) is 9.28. The van der Waals surface area contributed by atoms with Gasteiger partial charge in [-0.05, 0) is 43.0 Å². The number of hydrogen-bond acceptors (Lipinski definition) is 5. The predicted molar refractivity (Wildman–Crippen MR) is 125 cm³/mol. The van der Waals surface area contributed by atoms with E-state index < -0.39 is 10.0 Å². The third kappa shape index (κ3) is 4.01. The van der Waals surface area contributed by atoms with Crippen LogP contribution in [0.15, 0.2) is 99.8 Å². The molecule has 4 aromatic rings. The minimum absolute atomic E-state index is 0.246. The lowest BCUT2D eigenvalue weighted by molar-refractivity contribution is 0.581. The summed E-state index contributed by atoms with van der Waals surface area (Å²) in [5.74, 6) is 0. The van der Waals surface area contributed by atoms with Crippen LogP contribution in [0.25, 0.3) is 10.4 Å². The lowest BCUT2D eigenvalue weighted by Gasteiger charge is -2.10. The molecule has 0 aliphatic carbocycles. The third-order valence-corrected chi connectivity index (χ3v) is 8.44. The van der Waals surface area contributed by atoms with E-state index >= 15 is 0 Å². The molecule has 7 heteroatoms. The molecule has 0 unspecified atom stereocenters. The highest BCUT2D eigenvalue weighted by Crippen LogP contribution is 2.35. The fourth-order valence-corrected chi connectivity index (χ4v) is 7.17. The van der Waals surface area contributed by atoms with Crippen molar-refractivity contribution in [3.05, 3.63) is 95.3 Å². The summed E-state index contributed by atoms with van der Waals surface area (Å²) < 4.78 is 28.7. The fourth-order valence-electron chi connectivity index (χ4n) is 3.01. The van der Waals surface area contributed by atoms with Crippen LogP contribution in [0.3, 0.4) is 0 Å². The van der Waals surface area contributed by atoms with Crippen LogP contribution < -0.4 is 4.80 Å². The molecular formula is C23H20N2O2S3. The van der Waals surface area contributed by atoms with Crippen LogP contribution in [-0.4, -0.2) is 18.6 Å². The van der Waals surface area contributed by atoms with Gasteiger partial charge in [-0.25, -0.2) is 17.4 Å². The average Bonchev–Trinajstić information content (AvgIpc) is 3.14. The number of benzene rings is 3. The number of thioether (sulfide) groups is 1. The van der Waals surface area contributed by atoms with Gasteiger partial charge in [0.2, 0.25) is 4.80 Å². The topological polar surface area (TPSA) is 51.4 Å². The van der Waals surface area contributed by atoms with Crippen molar-refractivity contribution in [2.24, 2.45) is 4.99 Å². The lowest BCUT2D eigenvalue weighted by Crippen LogP contribution is -2.24. The van der Waals surface area contributed by atoms with Gasteiger partial charge in [-0.15, -0.1) is 11.8 Å². The first-order chi connectivity index (χ1) is 14.5. The van der Waals surface area contributed by atoms with Crippen molar-refractivity contribution >= 4 is 38.8 Å². The van der Waals surface area contributed by atoms with Gasteiger partial charge in [0.25, 0.3) is 10.0 Å². The van der Waals surface area contributed by atoms with Crippen molar-refractivity contribution in [1.82, 2.24) is 3.97 Å². The SMILES string of the molecule is CSc1c(-c2ccccc2)sc(=Nc2ccccc2)n1S(=O)(=O)c1ccc(C)cc1. The Hall–Kier alpha value is -2.61. The maximum Gasteiger partial charge on any atom is 0.270 e. The van der Waals surface area contributed by atoms with Crippen molar-refractivity contribution in [2.45, 2.75) is 16.8 Å². The second-order valence-electron chi connectivity index (χ2n) is 6.62. The normalized spacial score (nSPS) is 12.3. The molecule has 4 nitrogen and oxygen atoms in total. The quantitative estimate of drug-likeness (QED) is 0.364. The van der Waals surface area contributed by atoms with Crippen molar-refractivity contribution < 1.29 is 8.42 Å². The Balaban J connectivity index is 2.04. The van der Waals surface area contributed by atoms with Gasteiger partial charge < -0.3 is 0 Å². The standard InChI is InChI=1S/C23H20N2O2S3/c1-17-13-15-20(16-14-17)30(26,27)25-22(28-2)21(18-9-5-3-6-10-18)29-23(25)24-19-11-7-4-8-12-19/h3-16H,1-2H3. The van der Waals surface area contributed by atoms with E-state index in [0.29, 0.717) is 15.5 Å². The van der Waals surface area contributed by atoms with E-state index in [1.165, 1.54) is 27.1 Å². The summed E-state index contributed by atoms with van der Waals surface area (Å²) in [6, 6.07) is 26.1. The first-order valence-corrected chi connectivity index (χ1v) is 12.8. The van der Waals surface area contributed by atoms with E-state index in [1.54, 1.807) is 12.1 Å². The molecule has 4 rings (SSSR count). The van der Waals surface area contributed by atoms with E-state index in [0.717, 1.165) is 16.0 Å². The highest BCUT2D eigenvalue weighted by Gasteiger charge is 2.26. The lowest BCUT2D eigenvalue weighted by atomic mass is 10.2. The van der Waals surface area contributed by atoms with E-state index in [-0.39, 0.29) is 4.90 Å². The fraction of sp³-hybridized carbons (Fsp3) is 0.0870. The molecule has 0 aliphatic rings. The Morgan fingerprint density at radius 1 is 0.867 bits per heavy atom. The van der Waals surface area contributed by atoms with Crippen molar-refractivity contribution in [1.29, 1.82) is 0 Å². The Labute approximate surface area is 184 Å². The largest absolute Gasteiger partial charge is 0.270 e. The number of rotatable bonds is 5. The Morgan fingerprint density at radius 3 is 2.07 bits per heavy atom. The molecule has 0 radical (unpaired) electrons. The van der Waals surface area contributed by atoms with Gasteiger partial charge in [-0.3, -0.25) is 0 Å². The van der Waals surface area contributed by atoms with Gasteiger partial charge in [-0.1, -0.05) is 77.6 Å². The summed E-state index contributed by atoms with van der Waals surface area (Å²) in [5.41, 5.74) is 2.68. The molecule has 0 saturated heterocycles. The zero-order valence-electron chi connectivity index (χ0n) is 16.5. The molecule has 1 heterocycles. The third-order valence-electron chi connectivity index (χ3n) is 4.52. The van der Waals surface area contributed by atoms with Crippen LogP contribution >= 0.6 is 23.1 Å². The Morgan fingerprint density at radius 2 is 1.47 bits per heavy atom. The number of aryl methyl sites for hydroxylation is 1. The van der Waals surface area contributed by atoms with E-state index in [2.05, 4.69) is 0 Å². The van der Waals surface area contributed by atoms with Crippen molar-refractivity contribution in [3.63, 3.8) is 0 Å². The van der Waals surface area contributed by atoms with Gasteiger partial charge in [0, 0.05) is 0 Å². The molecule has 152 valence electrons. The second-order valence-corrected chi connectivity index (χ2v) is 10.2. The highest BCUT2D eigenvalue weighted by atomic mass is 32.2. The summed E-state index contributed by atoms with van der Waals surface area (Å²) >= 11 is 2.79. The molecule has 0 amide bonds. The predicted octanol–water partition coefficient (Wildman–Crippen LogP) is 5.72. The molecule has 0 fully saturated rings. The summed E-state index contributed by atoms with van der Waals surface area (Å²) in [6.07, 6.45) is 1.89. The smallest absolute Gasteiger partial charge is 0.220 e. The monoisotopic (exact) mass is 452 g/mol. The maximum atomic E-state index is 13.7. The van der Waals surface area contributed by atoms with Crippen LogP contribution in [0.4, 0.5) is 5.69 Å². The number of nitrogens with zero attached hydrogens (tertiary/aromatic N) is 2. The summed E-state index contributed by atoms with van der Waals surface area (Å²) in [7, 11) is -3.82. The van der Waals surface area contributed by atoms with Crippen molar-refractivity contribution in [3.8, 4) is 10.4 Å². The Bertz CT molecular complexity index is 1320. The molecular weight excluding hydrogens is 432 g/mol. The van der Waals surface area contributed by atoms with Crippen molar-refractivity contribution in [2.75, 3.05) is 6.26 Å². The Kier molecular flexibility index (Phi) is 5.94. The molecule has 0 N–H and O–H groups in total. The van der Waals surface area contributed by atoms with Crippen LogP contribution in [0, 0.1) is 6.92 Å². The van der Waals surface area contributed by atoms with Crippen LogP contribution in [0.5, 0.6) is 0 Å². The summed E-state index contributed by atoms with van der Waals surface area (Å²) in [5, 5.41) is 0.654. The van der Waals surface area contributed by atoms with Gasteiger partial charge in [0.05, 0.1) is 15.5 Å². The van der Waals surface area contributed by atoms with Gasteiger partial charge in [0.1, 0.15) is 5.03 Å². The molecule has 0 aliphatic heterocycles. The molecule has 3 aromatic carbocycles. The average molecular weight is 453 g/mol. The zero-order chi connectivity index (χ0) is 21.1. The first kappa shape index (κ1) is 20.7. The number of aromatic nitrogens is 1. The maximum absolute atomic E-state index is 13.7. The molecule has 30 heavy (non-hydrogen) atoms. The highest BCUT2D eigenvalue weighted by molar-refractivity contribution is 7.99. The summed E-state index contributed by atoms with van der Waals surface area (Å²) in [4.78, 5) is 6.24. The number of para-hydroxylation sites is 1. The summed E-state index contributed by atoms with van der Waals surface area (Å²) in [6.45, 7) is 1.94. The minimum Gasteiger partial charge on any atom is -0.220 e. The molecule has 0 saturated carbocycles. The van der Waals surface area contributed by atoms with E-state index in [9.17, 15) is 8.42 Å². The minimum atomic E-state index is -3.82. The van der Waals surface area contributed by atoms with E-state index in [1.807, 2.05) is 86.0 Å². The van der Waals surface area contributed by atoms with Crippen LogP contribution in [-0.2, 0) is 10.0 Å². The molecule has 0 spiro atoms. The molecule has 0 atom stereocenters. The molecule has 0 bridgehead atoms. The van der Waals surface area contributed by atoms with Gasteiger partial charge in [-0.2, -0.15) is 0 Å². The van der Waals surface area contributed by atoms with E-state index in [4.69, 9.17) is 4.99 Å². The van der Waals surface area contributed by atoms with Gasteiger partial charge in [0.15, 0.2) is 0 Å². The number of hydrogen-bond donors (Lipinski definition) is 0.